The van der Waals surface area contributed by atoms with Gasteiger partial charge in [0.2, 0.25) is 0 Å². The number of hydrogen-bond acceptors (Lipinski definition) is 8. The van der Waals surface area contributed by atoms with Crippen molar-refractivity contribution in [1.29, 1.82) is 0 Å². The smallest absolute Gasteiger partial charge is 0.127 e. The molecule has 0 saturated carbocycles. The third-order valence-corrected chi connectivity index (χ3v) is 27.8. The van der Waals surface area contributed by atoms with E-state index in [2.05, 4.69) is 338 Å². The molecule has 8 nitrogen and oxygen atoms in total. The second-order valence-electron chi connectivity index (χ2n) is 41.1. The van der Waals surface area contributed by atoms with Crippen LogP contribution < -0.4 is 37.9 Å². The summed E-state index contributed by atoms with van der Waals surface area (Å²) in [5, 5.41) is 0. The molecular formula is C138H190O8. The summed E-state index contributed by atoms with van der Waals surface area (Å²) < 4.78 is 57.2. The Labute approximate surface area is 888 Å². The molecule has 0 aromatic heterocycles. The number of rotatable bonds is 80. The van der Waals surface area contributed by atoms with E-state index in [1.807, 2.05) is 0 Å². The summed E-state index contributed by atoms with van der Waals surface area (Å²) in [6.07, 6.45) is 92.0. The van der Waals surface area contributed by atoms with Gasteiger partial charge in [0.1, 0.15) is 46.0 Å². The van der Waals surface area contributed by atoms with Gasteiger partial charge in [0.15, 0.2) is 0 Å². The number of benzene rings is 9. The average Bonchev–Trinajstić information content (AvgIpc) is 0.790. The molecule has 0 atom stereocenters. The fourth-order valence-corrected chi connectivity index (χ4v) is 18.3. The molecule has 0 fully saturated rings. The highest BCUT2D eigenvalue weighted by molar-refractivity contribution is 5.91. The monoisotopic (exact) mass is 1980 g/mol. The van der Waals surface area contributed by atoms with E-state index in [1.54, 1.807) is 0 Å². The van der Waals surface area contributed by atoms with Crippen molar-refractivity contribution in [2.24, 2.45) is 0 Å². The van der Waals surface area contributed by atoms with Crippen LogP contribution >= 0.6 is 0 Å². The standard InChI is InChI=1S/C138H190O8/c1-13-21-29-37-45-53-93-139-131-107-127(135(143-97-57-49-41-33-25-17-5)103-123(131)81-77-115-69-61-111(9)62-70-115)89-85-119-101-121(87-91-129-109-133(141-95-55-47-39-31-23-15-3)125(83-79-117-73-65-113(11)66-74-117)105-137(129)145-99-59-51-43-35-27-19-7)122(88-92-130-110-134(142-96-56-48-40-32-24-16-4)126(84-80-118-75-67-114(12)68-76-118)106-138(130)146-100-60-52-44-36-28-20-8)102-120(119)86-90-128-108-132(140-94-54-46-38-30-22-14-2)124(82-78-116-71-63-112(10)64-72-116)104-136(128)144-98-58-50-42-34-26-18-6/h61-92,101-110H,13-60,93-100H2,1-12H3/b81-77+,82-78+,83-79+,84-80+,89-85+,90-86+,91-87+,92-88+. The van der Waals surface area contributed by atoms with Crippen LogP contribution in [0, 0.1) is 27.7 Å². The van der Waals surface area contributed by atoms with Crippen LogP contribution in [0.15, 0.2) is 158 Å². The molecule has 0 radical (unpaired) electrons. The van der Waals surface area contributed by atoms with Crippen LogP contribution in [0.25, 0.3) is 97.2 Å². The molecule has 0 aliphatic carbocycles. The summed E-state index contributed by atoms with van der Waals surface area (Å²) in [5.41, 5.74) is 21.2. The van der Waals surface area contributed by atoms with Crippen LogP contribution in [-0.2, 0) is 0 Å². The minimum Gasteiger partial charge on any atom is -0.493 e. The molecular weight excluding hydrogens is 1790 g/mol. The minimum atomic E-state index is 0.594. The molecule has 0 aliphatic heterocycles. The fourth-order valence-electron chi connectivity index (χ4n) is 18.3. The van der Waals surface area contributed by atoms with Crippen molar-refractivity contribution >= 4 is 97.2 Å². The van der Waals surface area contributed by atoms with Gasteiger partial charge in [-0.2, -0.15) is 0 Å². The van der Waals surface area contributed by atoms with Gasteiger partial charge in [-0.15, -0.1) is 0 Å². The Morgan fingerprint density at radius 1 is 0.130 bits per heavy atom. The molecule has 0 bridgehead atoms. The van der Waals surface area contributed by atoms with Gasteiger partial charge in [0.05, 0.1) is 52.9 Å². The molecule has 0 spiro atoms. The zero-order valence-electron chi connectivity index (χ0n) is 93.1. The topological polar surface area (TPSA) is 73.8 Å². The van der Waals surface area contributed by atoms with Crippen molar-refractivity contribution in [1.82, 2.24) is 0 Å². The highest BCUT2D eigenvalue weighted by atomic mass is 16.5. The molecule has 8 heteroatoms. The Bertz CT molecular complexity index is 4640. The highest BCUT2D eigenvalue weighted by Crippen LogP contribution is 2.41. The van der Waals surface area contributed by atoms with Crippen LogP contribution in [0.2, 0.25) is 0 Å². The Balaban J connectivity index is 1.38. The molecule has 9 rings (SSSR count). The van der Waals surface area contributed by atoms with Gasteiger partial charge >= 0.3 is 0 Å². The van der Waals surface area contributed by atoms with E-state index >= 15 is 0 Å². The van der Waals surface area contributed by atoms with E-state index in [1.165, 1.54) is 228 Å². The van der Waals surface area contributed by atoms with Crippen molar-refractivity contribution < 1.29 is 37.9 Å². The molecule has 9 aromatic rings. The van der Waals surface area contributed by atoms with Crippen LogP contribution in [0.4, 0.5) is 0 Å². The summed E-state index contributed by atoms with van der Waals surface area (Å²) in [7, 11) is 0. The fraction of sp³-hybridized carbons (Fsp3) is 0.493. The van der Waals surface area contributed by atoms with Gasteiger partial charge in [-0.25, -0.2) is 0 Å². The molecule has 9 aromatic carbocycles. The maximum absolute atomic E-state index is 7.20. The first-order chi connectivity index (χ1) is 71.8. The zero-order valence-corrected chi connectivity index (χ0v) is 93.1. The van der Waals surface area contributed by atoms with Crippen molar-refractivity contribution in [2.45, 2.75) is 391 Å². The lowest BCUT2D eigenvalue weighted by atomic mass is 9.94. The summed E-state index contributed by atoms with van der Waals surface area (Å²) in [6.45, 7) is 31.8. The maximum Gasteiger partial charge on any atom is 0.127 e. The van der Waals surface area contributed by atoms with Gasteiger partial charge in [-0.3, -0.25) is 0 Å². The summed E-state index contributed by atoms with van der Waals surface area (Å²) in [5.74, 6) is 6.62. The summed E-state index contributed by atoms with van der Waals surface area (Å²) >= 11 is 0. The normalized spacial score (nSPS) is 11.9. The van der Waals surface area contributed by atoms with Crippen LogP contribution in [0.1, 0.15) is 475 Å². The molecule has 0 aliphatic rings. The zero-order chi connectivity index (χ0) is 103. The molecule has 0 heterocycles. The van der Waals surface area contributed by atoms with Crippen LogP contribution in [-0.4, -0.2) is 52.9 Å². The number of aryl methyl sites for hydroxylation is 4. The highest BCUT2D eigenvalue weighted by Gasteiger charge is 2.19. The molecule has 790 valence electrons. The average molecular weight is 1980 g/mol. The Morgan fingerprint density at radius 3 is 0.384 bits per heavy atom. The van der Waals surface area contributed by atoms with Crippen LogP contribution in [0.3, 0.4) is 0 Å². The summed E-state index contributed by atoms with van der Waals surface area (Å²) in [4.78, 5) is 0. The lowest BCUT2D eigenvalue weighted by Crippen LogP contribution is -2.03. The first kappa shape index (κ1) is 119. The van der Waals surface area contributed by atoms with E-state index < -0.39 is 0 Å². The SMILES string of the molecule is CCCCCCCCOc1cc(/C=C/c2cc(/C=C/c3cc(OCCCCCCCC)c(/C=C/c4ccc(C)cc4)cc3OCCCCCCCC)c(/C=C/c3cc(OCCCCCCCC)c(/C=C/c4ccc(C)cc4)cc3OCCCCCCCC)cc2/C=C/c2cc(OCCCCCCCC)c(/C=C/c3ccc(C)cc3)cc2OCCCCCCCC)c(OCCCCCCCC)cc1/C=C/c1ccc(C)cc1. The van der Waals surface area contributed by atoms with E-state index in [4.69, 9.17) is 37.9 Å². The van der Waals surface area contributed by atoms with E-state index in [-0.39, 0.29) is 0 Å². The van der Waals surface area contributed by atoms with E-state index in [0.717, 1.165) is 238 Å². The minimum absolute atomic E-state index is 0.594. The van der Waals surface area contributed by atoms with E-state index in [0.29, 0.717) is 52.9 Å². The predicted molar refractivity (Wildman–Crippen MR) is 639 cm³/mol. The number of ether oxygens (including phenoxy) is 8. The molecule has 0 N–H and O–H groups in total. The van der Waals surface area contributed by atoms with Crippen molar-refractivity contribution in [3.8, 4) is 46.0 Å². The maximum atomic E-state index is 7.20. The molecule has 0 amide bonds. The van der Waals surface area contributed by atoms with Gasteiger partial charge in [0, 0.05) is 44.5 Å². The van der Waals surface area contributed by atoms with Gasteiger partial charge < -0.3 is 37.9 Å². The molecule has 0 saturated heterocycles. The molecule has 146 heavy (non-hydrogen) atoms. The Hall–Kier alpha value is -10.7. The van der Waals surface area contributed by atoms with Gasteiger partial charge in [0.25, 0.3) is 0 Å². The molecule has 0 unspecified atom stereocenters. The van der Waals surface area contributed by atoms with Gasteiger partial charge in [-0.1, -0.05) is 529 Å². The quantitative estimate of drug-likeness (QED) is 0.0276. The third-order valence-electron chi connectivity index (χ3n) is 27.8. The van der Waals surface area contributed by atoms with Crippen LogP contribution in [0.5, 0.6) is 46.0 Å². The second-order valence-corrected chi connectivity index (χ2v) is 41.1. The first-order valence-electron chi connectivity index (χ1n) is 58.4. The second kappa shape index (κ2) is 74.2. The largest absolute Gasteiger partial charge is 0.493 e. The lowest BCUT2D eigenvalue weighted by molar-refractivity contribution is 0.295. The lowest BCUT2D eigenvalue weighted by Gasteiger charge is -2.17. The van der Waals surface area contributed by atoms with Crippen molar-refractivity contribution in [3.05, 3.63) is 269 Å². The third kappa shape index (κ3) is 47.6. The predicted octanol–water partition coefficient (Wildman–Crippen LogP) is 42.2. The Morgan fingerprint density at radius 2 is 0.247 bits per heavy atom. The van der Waals surface area contributed by atoms with E-state index in [9.17, 15) is 0 Å². The first-order valence-corrected chi connectivity index (χ1v) is 58.4. The number of unbranched alkanes of at least 4 members (excludes halogenated alkanes) is 40. The summed E-state index contributed by atoms with van der Waals surface area (Å²) in [6, 6.07) is 57.9. The Kier molecular flexibility index (Phi) is 60.4. The van der Waals surface area contributed by atoms with Crippen molar-refractivity contribution in [2.75, 3.05) is 52.9 Å². The van der Waals surface area contributed by atoms with Gasteiger partial charge in [-0.05, 0) is 184 Å². The number of hydrogen-bond donors (Lipinski definition) is 0. The van der Waals surface area contributed by atoms with Crippen molar-refractivity contribution in [3.63, 3.8) is 0 Å².